The van der Waals surface area contributed by atoms with Gasteiger partial charge in [0.2, 0.25) is 0 Å². The zero-order valence-electron chi connectivity index (χ0n) is 16.7. The minimum atomic E-state index is 0.966. The molecule has 0 saturated heterocycles. The molecule has 0 spiro atoms. The van der Waals surface area contributed by atoms with Gasteiger partial charge in [-0.2, -0.15) is 0 Å². The van der Waals surface area contributed by atoms with Crippen molar-refractivity contribution in [2.75, 3.05) is 0 Å². The summed E-state index contributed by atoms with van der Waals surface area (Å²) in [6, 6.07) is 25.9. The van der Waals surface area contributed by atoms with E-state index in [0.717, 1.165) is 33.4 Å². The molecule has 7 rings (SSSR count). The van der Waals surface area contributed by atoms with E-state index in [2.05, 4.69) is 95.4 Å². The van der Waals surface area contributed by atoms with Gasteiger partial charge < -0.3 is 0 Å². The van der Waals surface area contributed by atoms with Gasteiger partial charge in [-0.25, -0.2) is 9.97 Å². The molecular formula is C26H18N4. The first-order valence-corrected chi connectivity index (χ1v) is 10.2. The smallest absolute Gasteiger partial charge is 0.138 e. The molecule has 7 aromatic rings. The summed E-state index contributed by atoms with van der Waals surface area (Å²) in [5.41, 5.74) is 11.1. The van der Waals surface area contributed by atoms with Crippen LogP contribution in [-0.2, 0) is 0 Å². The van der Waals surface area contributed by atoms with E-state index in [1.807, 2.05) is 0 Å². The Morgan fingerprint density at radius 2 is 0.967 bits per heavy atom. The van der Waals surface area contributed by atoms with Gasteiger partial charge in [0, 0.05) is 10.8 Å². The number of imidazole rings is 2. The van der Waals surface area contributed by atoms with Gasteiger partial charge in [0.1, 0.15) is 11.3 Å². The summed E-state index contributed by atoms with van der Waals surface area (Å²) in [5, 5.41) is 2.38. The number of aromatic nitrogens is 4. The first kappa shape index (κ1) is 15.9. The molecular weight excluding hydrogens is 368 g/mol. The maximum absolute atomic E-state index is 4.90. The molecule has 142 valence electrons. The average molecular weight is 386 g/mol. The van der Waals surface area contributed by atoms with Gasteiger partial charge in [0.25, 0.3) is 0 Å². The van der Waals surface area contributed by atoms with Crippen molar-refractivity contribution in [1.29, 1.82) is 0 Å². The zero-order valence-corrected chi connectivity index (χ0v) is 16.7. The predicted molar refractivity (Wildman–Crippen MR) is 123 cm³/mol. The molecule has 4 nitrogen and oxygen atoms in total. The fourth-order valence-corrected chi connectivity index (χ4v) is 4.78. The standard InChI is InChI=1S/C26H18N4/c1-15-3-9-19-21(13-15)29-23(27-19)11-7-17-5-6-18-8-12-24-28-20-10-4-16(2)14-22(20)30(24)26(18)25(17)29/h3-14H,1-2H3. The second-order valence-electron chi connectivity index (χ2n) is 8.20. The summed E-state index contributed by atoms with van der Waals surface area (Å²) in [5.74, 6) is 0. The Morgan fingerprint density at radius 3 is 1.43 bits per heavy atom. The quantitative estimate of drug-likeness (QED) is 0.290. The number of fused-ring (bicyclic) bond motifs is 11. The lowest BCUT2D eigenvalue weighted by Gasteiger charge is -2.11. The Labute approximate surface area is 172 Å². The second-order valence-corrected chi connectivity index (χ2v) is 8.20. The van der Waals surface area contributed by atoms with Crippen LogP contribution in [0.15, 0.2) is 72.8 Å². The van der Waals surface area contributed by atoms with E-state index >= 15 is 0 Å². The molecule has 0 aliphatic rings. The van der Waals surface area contributed by atoms with Crippen molar-refractivity contribution in [1.82, 2.24) is 18.8 Å². The first-order valence-electron chi connectivity index (χ1n) is 10.2. The van der Waals surface area contributed by atoms with Crippen LogP contribution in [0.4, 0.5) is 0 Å². The van der Waals surface area contributed by atoms with Crippen LogP contribution < -0.4 is 0 Å². The third kappa shape index (κ3) is 1.95. The SMILES string of the molecule is Cc1ccc2nc3ccc4ccc5ccc6nc7ccc(C)cc7n6c5c4n3c2c1. The van der Waals surface area contributed by atoms with Gasteiger partial charge in [-0.15, -0.1) is 0 Å². The lowest BCUT2D eigenvalue weighted by atomic mass is 10.1. The maximum Gasteiger partial charge on any atom is 0.138 e. The summed E-state index contributed by atoms with van der Waals surface area (Å²) < 4.78 is 4.61. The fraction of sp³-hybridized carbons (Fsp3) is 0.0769. The minimum Gasteiger partial charge on any atom is -0.290 e. The van der Waals surface area contributed by atoms with Crippen LogP contribution in [0.5, 0.6) is 0 Å². The van der Waals surface area contributed by atoms with E-state index in [-0.39, 0.29) is 0 Å². The molecule has 0 aliphatic carbocycles. The molecule has 0 bridgehead atoms. The minimum absolute atomic E-state index is 0.966. The lowest BCUT2D eigenvalue weighted by Crippen LogP contribution is -1.96. The summed E-state index contributed by atoms with van der Waals surface area (Å²) in [7, 11) is 0. The largest absolute Gasteiger partial charge is 0.290 e. The molecule has 0 unspecified atom stereocenters. The average Bonchev–Trinajstić information content (AvgIpc) is 3.30. The molecule has 0 aliphatic heterocycles. The van der Waals surface area contributed by atoms with E-state index < -0.39 is 0 Å². The summed E-state index contributed by atoms with van der Waals surface area (Å²) in [4.78, 5) is 9.79. The molecule has 0 fully saturated rings. The van der Waals surface area contributed by atoms with Crippen molar-refractivity contribution < 1.29 is 0 Å². The molecule has 4 heteroatoms. The molecule has 30 heavy (non-hydrogen) atoms. The highest BCUT2D eigenvalue weighted by atomic mass is 15.1. The van der Waals surface area contributed by atoms with Crippen LogP contribution >= 0.6 is 0 Å². The van der Waals surface area contributed by atoms with Crippen LogP contribution in [0, 0.1) is 13.8 Å². The Kier molecular flexibility index (Phi) is 2.85. The number of hydrogen-bond acceptors (Lipinski definition) is 2. The Hall–Kier alpha value is -3.92. The van der Waals surface area contributed by atoms with Crippen LogP contribution in [0.25, 0.3) is 55.2 Å². The van der Waals surface area contributed by atoms with Crippen LogP contribution in [-0.4, -0.2) is 18.8 Å². The highest BCUT2D eigenvalue weighted by Gasteiger charge is 2.15. The van der Waals surface area contributed by atoms with Crippen molar-refractivity contribution in [2.45, 2.75) is 13.8 Å². The van der Waals surface area contributed by atoms with Gasteiger partial charge in [-0.05, 0) is 73.5 Å². The first-order chi connectivity index (χ1) is 14.7. The Balaban J connectivity index is 1.86. The Bertz CT molecular complexity index is 1680. The van der Waals surface area contributed by atoms with E-state index in [0.29, 0.717) is 0 Å². The molecule has 4 heterocycles. The number of rotatable bonds is 0. The van der Waals surface area contributed by atoms with Crippen LogP contribution in [0.2, 0.25) is 0 Å². The molecule has 0 amide bonds. The van der Waals surface area contributed by atoms with E-state index in [4.69, 9.17) is 9.97 Å². The van der Waals surface area contributed by atoms with Crippen molar-refractivity contribution in [3.8, 4) is 0 Å². The second kappa shape index (κ2) is 5.36. The number of nitrogens with zero attached hydrogens (tertiary/aromatic N) is 4. The molecule has 0 N–H and O–H groups in total. The highest BCUT2D eigenvalue weighted by molar-refractivity contribution is 6.08. The van der Waals surface area contributed by atoms with E-state index in [9.17, 15) is 0 Å². The maximum atomic E-state index is 4.90. The summed E-state index contributed by atoms with van der Waals surface area (Å²) >= 11 is 0. The molecule has 0 atom stereocenters. The monoisotopic (exact) mass is 386 g/mol. The van der Waals surface area contributed by atoms with Gasteiger partial charge in [0.15, 0.2) is 0 Å². The normalized spacial score (nSPS) is 12.3. The van der Waals surface area contributed by atoms with Crippen LogP contribution in [0.1, 0.15) is 11.1 Å². The fourth-order valence-electron chi connectivity index (χ4n) is 4.78. The highest BCUT2D eigenvalue weighted by Crippen LogP contribution is 2.32. The topological polar surface area (TPSA) is 34.6 Å². The lowest BCUT2D eigenvalue weighted by molar-refractivity contribution is 1.26. The Morgan fingerprint density at radius 1 is 0.533 bits per heavy atom. The number of benzene rings is 3. The van der Waals surface area contributed by atoms with E-state index in [1.165, 1.54) is 32.9 Å². The number of aryl methyl sites for hydroxylation is 2. The van der Waals surface area contributed by atoms with Crippen LogP contribution in [0.3, 0.4) is 0 Å². The van der Waals surface area contributed by atoms with Crippen molar-refractivity contribution >= 4 is 55.2 Å². The third-order valence-electron chi connectivity index (χ3n) is 6.16. The summed E-state index contributed by atoms with van der Waals surface area (Å²) in [6.45, 7) is 4.26. The number of hydrogen-bond donors (Lipinski definition) is 0. The van der Waals surface area contributed by atoms with E-state index in [1.54, 1.807) is 0 Å². The molecule has 3 aromatic carbocycles. The van der Waals surface area contributed by atoms with Gasteiger partial charge in [0.05, 0.1) is 33.1 Å². The molecule has 0 radical (unpaired) electrons. The molecule has 0 saturated carbocycles. The van der Waals surface area contributed by atoms with Crippen molar-refractivity contribution in [3.05, 3.63) is 83.9 Å². The van der Waals surface area contributed by atoms with Crippen molar-refractivity contribution in [2.24, 2.45) is 0 Å². The molecule has 4 aromatic heterocycles. The summed E-state index contributed by atoms with van der Waals surface area (Å²) in [6.07, 6.45) is 0. The van der Waals surface area contributed by atoms with Gasteiger partial charge in [-0.1, -0.05) is 24.3 Å². The predicted octanol–water partition coefficient (Wildman–Crippen LogP) is 6.21. The van der Waals surface area contributed by atoms with Crippen molar-refractivity contribution in [3.63, 3.8) is 0 Å². The zero-order chi connectivity index (χ0) is 20.0. The third-order valence-corrected chi connectivity index (χ3v) is 6.16. The number of pyridine rings is 2. The van der Waals surface area contributed by atoms with Gasteiger partial charge >= 0.3 is 0 Å². The van der Waals surface area contributed by atoms with Gasteiger partial charge in [-0.3, -0.25) is 8.80 Å².